The van der Waals surface area contributed by atoms with Gasteiger partial charge in [0.15, 0.2) is 0 Å². The van der Waals surface area contributed by atoms with E-state index in [1.165, 1.54) is 5.56 Å². The summed E-state index contributed by atoms with van der Waals surface area (Å²) in [5.41, 5.74) is 3.11. The third kappa shape index (κ3) is 3.59. The Labute approximate surface area is 122 Å². The van der Waals surface area contributed by atoms with Crippen molar-refractivity contribution in [3.05, 3.63) is 64.1 Å². The summed E-state index contributed by atoms with van der Waals surface area (Å²) in [5.74, 6) is 0. The van der Waals surface area contributed by atoms with Gasteiger partial charge in [0.2, 0.25) is 0 Å². The summed E-state index contributed by atoms with van der Waals surface area (Å²) in [5, 5.41) is 8.86. The fourth-order valence-electron chi connectivity index (χ4n) is 1.95. The first-order chi connectivity index (χ1) is 9.20. The van der Waals surface area contributed by atoms with Crippen LogP contribution in [0.1, 0.15) is 11.1 Å². The predicted octanol–water partition coefficient (Wildman–Crippen LogP) is 4.00. The van der Waals surface area contributed by atoms with E-state index in [1.54, 1.807) is 0 Å². The highest BCUT2D eigenvalue weighted by atomic mass is 79.9. The van der Waals surface area contributed by atoms with Crippen molar-refractivity contribution >= 4 is 21.6 Å². The average Bonchev–Trinajstić information content (AvgIpc) is 2.45. The van der Waals surface area contributed by atoms with Crippen molar-refractivity contribution in [3.8, 4) is 6.07 Å². The maximum absolute atomic E-state index is 8.86. The minimum atomic E-state index is 0.673. The quantitative estimate of drug-likeness (QED) is 0.853. The molecule has 0 saturated heterocycles. The molecule has 2 aromatic rings. The van der Waals surface area contributed by atoms with Crippen LogP contribution in [0.5, 0.6) is 0 Å². The Morgan fingerprint density at radius 1 is 1.16 bits per heavy atom. The minimum Gasteiger partial charge on any atom is -0.373 e. The second-order valence-electron chi connectivity index (χ2n) is 4.44. The van der Waals surface area contributed by atoms with Gasteiger partial charge in [-0.05, 0) is 46.1 Å². The largest absolute Gasteiger partial charge is 0.373 e. The van der Waals surface area contributed by atoms with Gasteiger partial charge in [-0.1, -0.05) is 30.3 Å². The summed E-state index contributed by atoms with van der Waals surface area (Å²) in [6, 6.07) is 18.3. The standard InChI is InChI=1S/C16H15BrN2/c1-19(10-9-13-5-3-2-4-6-13)16-8-7-14(12-18)11-15(16)17/h2-8,11H,9-10H2,1H3. The van der Waals surface area contributed by atoms with Crippen LogP contribution < -0.4 is 4.90 Å². The molecule has 0 spiro atoms. The van der Waals surface area contributed by atoms with Crippen LogP contribution in [0.3, 0.4) is 0 Å². The number of anilines is 1. The van der Waals surface area contributed by atoms with E-state index >= 15 is 0 Å². The lowest BCUT2D eigenvalue weighted by Gasteiger charge is -2.20. The summed E-state index contributed by atoms with van der Waals surface area (Å²) >= 11 is 3.52. The lowest BCUT2D eigenvalue weighted by atomic mass is 10.1. The van der Waals surface area contributed by atoms with E-state index in [4.69, 9.17) is 5.26 Å². The third-order valence-corrected chi connectivity index (χ3v) is 3.70. The van der Waals surface area contributed by atoms with Crippen LogP contribution in [0, 0.1) is 11.3 Å². The SMILES string of the molecule is CN(CCc1ccccc1)c1ccc(C#N)cc1Br. The first-order valence-electron chi connectivity index (χ1n) is 6.15. The Morgan fingerprint density at radius 3 is 2.53 bits per heavy atom. The van der Waals surface area contributed by atoms with Gasteiger partial charge in [-0.2, -0.15) is 5.26 Å². The van der Waals surface area contributed by atoms with E-state index in [2.05, 4.69) is 58.2 Å². The van der Waals surface area contributed by atoms with Gasteiger partial charge >= 0.3 is 0 Å². The number of halogens is 1. The number of nitrogens with zero attached hydrogens (tertiary/aromatic N) is 2. The molecule has 2 rings (SSSR count). The molecule has 2 nitrogen and oxygen atoms in total. The minimum absolute atomic E-state index is 0.673. The molecule has 0 bridgehead atoms. The van der Waals surface area contributed by atoms with Crippen LogP contribution in [-0.2, 0) is 6.42 Å². The molecule has 0 N–H and O–H groups in total. The number of hydrogen-bond acceptors (Lipinski definition) is 2. The van der Waals surface area contributed by atoms with Crippen LogP contribution in [0.15, 0.2) is 53.0 Å². The van der Waals surface area contributed by atoms with Crippen LogP contribution in [0.25, 0.3) is 0 Å². The Balaban J connectivity index is 2.04. The van der Waals surface area contributed by atoms with Crippen molar-refractivity contribution < 1.29 is 0 Å². The Hall–Kier alpha value is -1.79. The van der Waals surface area contributed by atoms with Gasteiger partial charge in [0.25, 0.3) is 0 Å². The summed E-state index contributed by atoms with van der Waals surface area (Å²) in [4.78, 5) is 2.19. The maximum atomic E-state index is 8.86. The third-order valence-electron chi connectivity index (χ3n) is 3.07. The zero-order valence-corrected chi connectivity index (χ0v) is 12.4. The van der Waals surface area contributed by atoms with E-state index in [0.717, 1.165) is 23.1 Å². The van der Waals surface area contributed by atoms with Crippen LogP contribution in [-0.4, -0.2) is 13.6 Å². The molecule has 0 aliphatic rings. The first kappa shape index (κ1) is 13.6. The molecule has 19 heavy (non-hydrogen) atoms. The van der Waals surface area contributed by atoms with Gasteiger partial charge in [0, 0.05) is 18.1 Å². The lowest BCUT2D eigenvalue weighted by Crippen LogP contribution is -2.20. The predicted molar refractivity (Wildman–Crippen MR) is 82.3 cm³/mol. The summed E-state index contributed by atoms with van der Waals surface area (Å²) in [6.07, 6.45) is 1.00. The lowest BCUT2D eigenvalue weighted by molar-refractivity contribution is 0.874. The molecule has 0 aromatic heterocycles. The van der Waals surface area contributed by atoms with Crippen LogP contribution in [0.4, 0.5) is 5.69 Å². The van der Waals surface area contributed by atoms with Crippen molar-refractivity contribution in [2.45, 2.75) is 6.42 Å². The smallest absolute Gasteiger partial charge is 0.0992 e. The van der Waals surface area contributed by atoms with Crippen molar-refractivity contribution in [2.75, 3.05) is 18.5 Å². The molecule has 0 fully saturated rings. The maximum Gasteiger partial charge on any atom is 0.0992 e. The highest BCUT2D eigenvalue weighted by Crippen LogP contribution is 2.26. The van der Waals surface area contributed by atoms with Crippen molar-refractivity contribution in [1.29, 1.82) is 5.26 Å². The van der Waals surface area contributed by atoms with E-state index in [-0.39, 0.29) is 0 Å². The normalized spacial score (nSPS) is 9.95. The van der Waals surface area contributed by atoms with Crippen LogP contribution in [0.2, 0.25) is 0 Å². The molecule has 0 radical (unpaired) electrons. The number of rotatable bonds is 4. The monoisotopic (exact) mass is 314 g/mol. The van der Waals surface area contributed by atoms with E-state index in [0.29, 0.717) is 5.56 Å². The molecule has 2 aromatic carbocycles. The number of hydrogen-bond donors (Lipinski definition) is 0. The molecule has 0 unspecified atom stereocenters. The van der Waals surface area contributed by atoms with Gasteiger partial charge < -0.3 is 4.90 Å². The van der Waals surface area contributed by atoms with Crippen molar-refractivity contribution in [2.24, 2.45) is 0 Å². The summed E-state index contributed by atoms with van der Waals surface area (Å²) in [6.45, 7) is 0.939. The van der Waals surface area contributed by atoms with Gasteiger partial charge in [-0.3, -0.25) is 0 Å². The summed E-state index contributed by atoms with van der Waals surface area (Å²) < 4.78 is 0.960. The van der Waals surface area contributed by atoms with Gasteiger partial charge in [0.1, 0.15) is 0 Å². The highest BCUT2D eigenvalue weighted by molar-refractivity contribution is 9.10. The van der Waals surface area contributed by atoms with Gasteiger partial charge in [-0.25, -0.2) is 0 Å². The molecule has 0 aliphatic carbocycles. The number of likely N-dealkylation sites (N-methyl/N-ethyl adjacent to an activating group) is 1. The molecule has 0 amide bonds. The van der Waals surface area contributed by atoms with E-state index in [9.17, 15) is 0 Å². The van der Waals surface area contributed by atoms with Crippen molar-refractivity contribution in [1.82, 2.24) is 0 Å². The Morgan fingerprint density at radius 2 is 1.89 bits per heavy atom. The second kappa shape index (κ2) is 6.40. The van der Waals surface area contributed by atoms with Gasteiger partial charge in [0.05, 0.1) is 17.3 Å². The second-order valence-corrected chi connectivity index (χ2v) is 5.29. The molecular weight excluding hydrogens is 300 g/mol. The fourth-order valence-corrected chi connectivity index (χ4v) is 2.63. The zero-order chi connectivity index (χ0) is 13.7. The summed E-state index contributed by atoms with van der Waals surface area (Å²) in [7, 11) is 2.06. The molecule has 0 atom stereocenters. The van der Waals surface area contributed by atoms with Crippen molar-refractivity contribution in [3.63, 3.8) is 0 Å². The molecular formula is C16H15BrN2. The molecule has 0 saturated carbocycles. The zero-order valence-electron chi connectivity index (χ0n) is 10.8. The average molecular weight is 315 g/mol. The number of nitriles is 1. The fraction of sp³-hybridized carbons (Fsp3) is 0.188. The Bertz CT molecular complexity index is 587. The Kier molecular flexibility index (Phi) is 4.59. The first-order valence-corrected chi connectivity index (χ1v) is 6.94. The molecule has 3 heteroatoms. The number of benzene rings is 2. The topological polar surface area (TPSA) is 27.0 Å². The molecule has 0 heterocycles. The van der Waals surface area contributed by atoms with Crippen LogP contribution >= 0.6 is 15.9 Å². The molecule has 96 valence electrons. The van der Waals surface area contributed by atoms with E-state index in [1.807, 2.05) is 24.3 Å². The highest BCUT2D eigenvalue weighted by Gasteiger charge is 2.06. The van der Waals surface area contributed by atoms with Gasteiger partial charge in [-0.15, -0.1) is 0 Å². The van der Waals surface area contributed by atoms with E-state index < -0.39 is 0 Å². The molecule has 0 aliphatic heterocycles.